The van der Waals surface area contributed by atoms with Crippen LogP contribution in [-0.2, 0) is 6.54 Å². The van der Waals surface area contributed by atoms with Crippen molar-refractivity contribution in [3.8, 4) is 0 Å². The van der Waals surface area contributed by atoms with Gasteiger partial charge in [0.25, 0.3) is 0 Å². The molecule has 2 N–H and O–H groups in total. The number of urea groups is 1. The Labute approximate surface area is 126 Å². The number of hydrogen-bond donors (Lipinski definition) is 2. The van der Waals surface area contributed by atoms with Gasteiger partial charge in [0.2, 0.25) is 0 Å². The van der Waals surface area contributed by atoms with Crippen LogP contribution in [-0.4, -0.2) is 35.1 Å². The minimum Gasteiger partial charge on any atom is -0.478 e. The monoisotopic (exact) mass is 292 g/mol. The Bertz CT molecular complexity index is 503. The summed E-state index contributed by atoms with van der Waals surface area (Å²) >= 11 is 0. The molecule has 0 fully saturated rings. The van der Waals surface area contributed by atoms with Crippen LogP contribution in [0.15, 0.2) is 24.3 Å². The van der Waals surface area contributed by atoms with Crippen LogP contribution < -0.4 is 5.32 Å². The highest BCUT2D eigenvalue weighted by atomic mass is 16.4. The van der Waals surface area contributed by atoms with Crippen molar-refractivity contribution in [1.82, 2.24) is 10.2 Å². The highest BCUT2D eigenvalue weighted by molar-refractivity contribution is 5.87. The van der Waals surface area contributed by atoms with Crippen LogP contribution >= 0.6 is 0 Å². The first-order valence-corrected chi connectivity index (χ1v) is 6.95. The van der Waals surface area contributed by atoms with Crippen molar-refractivity contribution in [2.24, 2.45) is 5.41 Å². The molecule has 1 unspecified atom stereocenters. The van der Waals surface area contributed by atoms with Crippen molar-refractivity contribution in [2.45, 2.75) is 40.3 Å². The zero-order chi connectivity index (χ0) is 16.2. The van der Waals surface area contributed by atoms with Crippen molar-refractivity contribution in [3.05, 3.63) is 35.4 Å². The van der Waals surface area contributed by atoms with E-state index in [4.69, 9.17) is 5.11 Å². The number of hydrogen-bond acceptors (Lipinski definition) is 2. The number of carboxylic acid groups (broad SMARTS) is 1. The van der Waals surface area contributed by atoms with Crippen LogP contribution in [0.4, 0.5) is 4.79 Å². The molecule has 1 atom stereocenters. The van der Waals surface area contributed by atoms with E-state index in [1.807, 2.05) is 6.92 Å². The first kappa shape index (κ1) is 17.0. The van der Waals surface area contributed by atoms with Gasteiger partial charge in [-0.3, -0.25) is 0 Å². The number of carbonyl (C=O) groups is 2. The molecule has 5 nitrogen and oxygen atoms in total. The van der Waals surface area contributed by atoms with Gasteiger partial charge in [-0.25, -0.2) is 9.59 Å². The molecule has 0 aliphatic rings. The third-order valence-electron chi connectivity index (χ3n) is 3.61. The molecule has 2 amide bonds. The van der Waals surface area contributed by atoms with Crippen molar-refractivity contribution in [1.29, 1.82) is 0 Å². The number of rotatable bonds is 4. The summed E-state index contributed by atoms with van der Waals surface area (Å²) in [6, 6.07) is 6.45. The maximum Gasteiger partial charge on any atom is 0.335 e. The quantitative estimate of drug-likeness (QED) is 0.896. The molecule has 0 bridgehead atoms. The molecule has 0 aliphatic carbocycles. The maximum atomic E-state index is 12.1. The summed E-state index contributed by atoms with van der Waals surface area (Å²) in [5.41, 5.74) is 1.13. The third kappa shape index (κ3) is 5.10. The fourth-order valence-corrected chi connectivity index (χ4v) is 1.61. The van der Waals surface area contributed by atoms with Crippen LogP contribution in [0.2, 0.25) is 0 Å². The second-order valence-electron chi connectivity index (χ2n) is 6.40. The predicted octanol–water partition coefficient (Wildman–Crippen LogP) is 2.96. The lowest BCUT2D eigenvalue weighted by Crippen LogP contribution is -2.46. The van der Waals surface area contributed by atoms with Gasteiger partial charge in [0.05, 0.1) is 5.56 Å². The van der Waals surface area contributed by atoms with E-state index in [2.05, 4.69) is 26.1 Å². The summed E-state index contributed by atoms with van der Waals surface area (Å²) < 4.78 is 0. The highest BCUT2D eigenvalue weighted by Gasteiger charge is 2.22. The van der Waals surface area contributed by atoms with E-state index in [0.29, 0.717) is 6.54 Å². The molecule has 116 valence electrons. The Balaban J connectivity index is 2.62. The van der Waals surface area contributed by atoms with Gasteiger partial charge in [0, 0.05) is 19.6 Å². The SMILES string of the molecule is CC(NC(=O)N(C)Cc1ccc(C(=O)O)cc1)C(C)(C)C. The Morgan fingerprint density at radius 3 is 2.19 bits per heavy atom. The lowest BCUT2D eigenvalue weighted by Gasteiger charge is -2.30. The molecule has 1 rings (SSSR count). The lowest BCUT2D eigenvalue weighted by atomic mass is 9.88. The summed E-state index contributed by atoms with van der Waals surface area (Å²) in [4.78, 5) is 24.5. The molecule has 0 saturated carbocycles. The first-order valence-electron chi connectivity index (χ1n) is 6.95. The molecule has 1 aromatic rings. The fraction of sp³-hybridized carbons (Fsp3) is 0.500. The highest BCUT2D eigenvalue weighted by Crippen LogP contribution is 2.18. The minimum absolute atomic E-state index is 0.000361. The van der Waals surface area contributed by atoms with E-state index in [9.17, 15) is 9.59 Å². The molecule has 0 aromatic heterocycles. The predicted molar refractivity (Wildman–Crippen MR) is 82.3 cm³/mol. The number of nitrogens with one attached hydrogen (secondary N) is 1. The summed E-state index contributed by atoms with van der Waals surface area (Å²) in [5, 5.41) is 11.8. The van der Waals surface area contributed by atoms with Gasteiger partial charge >= 0.3 is 12.0 Å². The normalized spacial score (nSPS) is 12.6. The number of aromatic carboxylic acids is 1. The van der Waals surface area contributed by atoms with E-state index in [1.165, 1.54) is 0 Å². The molecule has 0 saturated heterocycles. The van der Waals surface area contributed by atoms with Gasteiger partial charge in [0.15, 0.2) is 0 Å². The maximum absolute atomic E-state index is 12.1. The van der Waals surface area contributed by atoms with Gasteiger partial charge in [-0.1, -0.05) is 32.9 Å². The van der Waals surface area contributed by atoms with Crippen LogP contribution in [0.3, 0.4) is 0 Å². The summed E-state index contributed by atoms with van der Waals surface area (Å²) in [6.07, 6.45) is 0. The third-order valence-corrected chi connectivity index (χ3v) is 3.61. The van der Waals surface area contributed by atoms with Crippen LogP contribution in [0.5, 0.6) is 0 Å². The molecule has 0 radical (unpaired) electrons. The van der Waals surface area contributed by atoms with Gasteiger partial charge in [0.1, 0.15) is 0 Å². The van der Waals surface area contributed by atoms with Crippen LogP contribution in [0.1, 0.15) is 43.6 Å². The number of carbonyl (C=O) groups excluding carboxylic acids is 1. The Hall–Kier alpha value is -2.04. The molecular weight excluding hydrogens is 268 g/mol. The van der Waals surface area contributed by atoms with E-state index in [1.54, 1.807) is 36.2 Å². The Kier molecular flexibility index (Phi) is 5.35. The van der Waals surface area contributed by atoms with E-state index in [-0.39, 0.29) is 23.1 Å². The number of nitrogens with zero attached hydrogens (tertiary/aromatic N) is 1. The van der Waals surface area contributed by atoms with E-state index >= 15 is 0 Å². The van der Waals surface area contributed by atoms with Crippen molar-refractivity contribution in [2.75, 3.05) is 7.05 Å². The molecule has 0 aliphatic heterocycles. The largest absolute Gasteiger partial charge is 0.478 e. The lowest BCUT2D eigenvalue weighted by molar-refractivity contribution is 0.0697. The molecule has 0 spiro atoms. The van der Waals surface area contributed by atoms with Gasteiger partial charge in [-0.05, 0) is 30.0 Å². The smallest absolute Gasteiger partial charge is 0.335 e. The topological polar surface area (TPSA) is 69.6 Å². The second kappa shape index (κ2) is 6.61. The summed E-state index contributed by atoms with van der Waals surface area (Å²) in [7, 11) is 1.72. The average molecular weight is 292 g/mol. The van der Waals surface area contributed by atoms with E-state index in [0.717, 1.165) is 5.56 Å². The number of benzene rings is 1. The number of amides is 2. The molecule has 1 aromatic carbocycles. The van der Waals surface area contributed by atoms with Gasteiger partial charge < -0.3 is 15.3 Å². The first-order chi connectivity index (χ1) is 9.61. The molecule has 0 heterocycles. The van der Waals surface area contributed by atoms with Crippen LogP contribution in [0, 0.1) is 5.41 Å². The Morgan fingerprint density at radius 1 is 1.24 bits per heavy atom. The molecule has 21 heavy (non-hydrogen) atoms. The van der Waals surface area contributed by atoms with Crippen molar-refractivity contribution < 1.29 is 14.7 Å². The Morgan fingerprint density at radius 2 is 1.76 bits per heavy atom. The van der Waals surface area contributed by atoms with Gasteiger partial charge in [-0.15, -0.1) is 0 Å². The van der Waals surface area contributed by atoms with Gasteiger partial charge in [-0.2, -0.15) is 0 Å². The van der Waals surface area contributed by atoms with E-state index < -0.39 is 5.97 Å². The second-order valence-corrected chi connectivity index (χ2v) is 6.40. The zero-order valence-corrected chi connectivity index (χ0v) is 13.3. The van der Waals surface area contributed by atoms with Crippen molar-refractivity contribution in [3.63, 3.8) is 0 Å². The minimum atomic E-state index is -0.952. The van der Waals surface area contributed by atoms with Crippen LogP contribution in [0.25, 0.3) is 0 Å². The molecule has 5 heteroatoms. The molecular formula is C16H24N2O3. The summed E-state index contributed by atoms with van der Waals surface area (Å²) in [6.45, 7) is 8.63. The summed E-state index contributed by atoms with van der Waals surface area (Å²) in [5.74, 6) is -0.952. The standard InChI is InChI=1S/C16H24N2O3/c1-11(16(2,3)4)17-15(21)18(5)10-12-6-8-13(9-7-12)14(19)20/h6-9,11H,10H2,1-5H3,(H,17,21)(H,19,20). The van der Waals surface area contributed by atoms with Crippen molar-refractivity contribution >= 4 is 12.0 Å². The average Bonchev–Trinajstić information content (AvgIpc) is 2.37. The zero-order valence-electron chi connectivity index (χ0n) is 13.3. The number of carboxylic acids is 1. The fourth-order valence-electron chi connectivity index (χ4n) is 1.61.